The Hall–Kier alpha value is -2.08. The van der Waals surface area contributed by atoms with Crippen LogP contribution in [0.4, 0.5) is 0 Å². The zero-order chi connectivity index (χ0) is 21.7. The van der Waals surface area contributed by atoms with E-state index in [1.807, 2.05) is 6.92 Å². The number of hydrogen-bond donors (Lipinski definition) is 1. The molecule has 3 rings (SSSR count). The van der Waals surface area contributed by atoms with E-state index in [2.05, 4.69) is 5.32 Å². The summed E-state index contributed by atoms with van der Waals surface area (Å²) in [4.78, 5) is 38.5. The molecule has 1 heterocycles. The van der Waals surface area contributed by atoms with Crippen LogP contribution in [0.2, 0.25) is 5.02 Å². The monoisotopic (exact) mass is 434 g/mol. The predicted octanol–water partition coefficient (Wildman–Crippen LogP) is 4.00. The third kappa shape index (κ3) is 5.54. The number of hydrogen-bond acceptors (Lipinski definition) is 4. The fourth-order valence-electron chi connectivity index (χ4n) is 3.98. The van der Waals surface area contributed by atoms with Crippen molar-refractivity contribution in [3.8, 4) is 5.75 Å². The first kappa shape index (κ1) is 22.6. The normalized spacial score (nSPS) is 18.8. The quantitative estimate of drug-likeness (QED) is 0.658. The number of carbonyl (C=O) groups is 3. The number of amides is 2. The molecule has 7 heteroatoms. The number of likely N-dealkylation sites (tertiary alicyclic amines) is 1. The van der Waals surface area contributed by atoms with Crippen LogP contribution in [0.1, 0.15) is 69.2 Å². The van der Waals surface area contributed by atoms with Crippen LogP contribution >= 0.6 is 11.6 Å². The molecule has 164 valence electrons. The van der Waals surface area contributed by atoms with Crippen LogP contribution in [-0.4, -0.2) is 47.7 Å². The number of nitrogens with zero attached hydrogens (tertiary/aromatic N) is 1. The Balaban J connectivity index is 1.51. The second-order valence-electron chi connectivity index (χ2n) is 8.38. The molecular weight excluding hydrogens is 404 g/mol. The van der Waals surface area contributed by atoms with Crippen LogP contribution in [0.25, 0.3) is 0 Å². The van der Waals surface area contributed by atoms with Crippen molar-refractivity contribution in [2.45, 2.75) is 70.9 Å². The van der Waals surface area contributed by atoms with Crippen LogP contribution in [0.15, 0.2) is 18.2 Å². The maximum atomic E-state index is 12.4. The molecule has 2 amide bonds. The summed E-state index contributed by atoms with van der Waals surface area (Å²) >= 11 is 6.37. The van der Waals surface area contributed by atoms with Crippen LogP contribution in [0.3, 0.4) is 0 Å². The molecule has 1 aromatic rings. The summed E-state index contributed by atoms with van der Waals surface area (Å²) in [6.07, 6.45) is 6.25. The Labute approximate surface area is 183 Å². The zero-order valence-electron chi connectivity index (χ0n) is 17.8. The van der Waals surface area contributed by atoms with E-state index in [0.29, 0.717) is 48.7 Å². The van der Waals surface area contributed by atoms with E-state index >= 15 is 0 Å². The van der Waals surface area contributed by atoms with Gasteiger partial charge < -0.3 is 15.0 Å². The van der Waals surface area contributed by atoms with Gasteiger partial charge in [0.15, 0.2) is 0 Å². The van der Waals surface area contributed by atoms with Crippen molar-refractivity contribution in [1.82, 2.24) is 10.2 Å². The van der Waals surface area contributed by atoms with E-state index in [1.54, 1.807) is 30.0 Å². The first-order valence-corrected chi connectivity index (χ1v) is 11.4. The summed E-state index contributed by atoms with van der Waals surface area (Å²) in [7, 11) is 0. The van der Waals surface area contributed by atoms with Crippen molar-refractivity contribution in [2.24, 2.45) is 5.92 Å². The SMILES string of the molecule is CC[C@@H](C)C(=O)C(=O)N1CCC(Oc2ccc(C(=O)NC3CCCC3)cc2Cl)CC1. The van der Waals surface area contributed by atoms with Crippen molar-refractivity contribution in [3.63, 3.8) is 0 Å². The second-order valence-corrected chi connectivity index (χ2v) is 8.79. The Morgan fingerprint density at radius 1 is 1.17 bits per heavy atom. The van der Waals surface area contributed by atoms with E-state index in [4.69, 9.17) is 16.3 Å². The minimum Gasteiger partial charge on any atom is -0.489 e. The maximum absolute atomic E-state index is 12.4. The molecule has 2 fully saturated rings. The highest BCUT2D eigenvalue weighted by molar-refractivity contribution is 6.36. The van der Waals surface area contributed by atoms with E-state index in [1.165, 1.54) is 0 Å². The lowest BCUT2D eigenvalue weighted by molar-refractivity contribution is -0.147. The summed E-state index contributed by atoms with van der Waals surface area (Å²) in [6, 6.07) is 5.36. The number of Topliss-reactive ketones (excluding diaryl/α,β-unsaturated/α-hetero) is 1. The van der Waals surface area contributed by atoms with Crippen molar-refractivity contribution < 1.29 is 19.1 Å². The van der Waals surface area contributed by atoms with E-state index in [9.17, 15) is 14.4 Å². The van der Waals surface area contributed by atoms with Gasteiger partial charge in [0.2, 0.25) is 5.78 Å². The number of halogens is 1. The molecule has 1 aliphatic carbocycles. The highest BCUT2D eigenvalue weighted by atomic mass is 35.5. The predicted molar refractivity (Wildman–Crippen MR) is 116 cm³/mol. The summed E-state index contributed by atoms with van der Waals surface area (Å²) in [5, 5.41) is 3.46. The van der Waals surface area contributed by atoms with Crippen LogP contribution in [0, 0.1) is 5.92 Å². The molecule has 0 aromatic heterocycles. The molecule has 1 saturated heterocycles. The molecule has 0 bridgehead atoms. The summed E-state index contributed by atoms with van der Waals surface area (Å²) in [5.74, 6) is -0.512. The van der Waals surface area contributed by atoms with Crippen LogP contribution in [0.5, 0.6) is 5.75 Å². The molecular formula is C23H31ClN2O4. The Bertz CT molecular complexity index is 783. The number of piperidine rings is 1. The third-order valence-electron chi connectivity index (χ3n) is 6.18. The molecule has 0 radical (unpaired) electrons. The largest absolute Gasteiger partial charge is 0.489 e. The van der Waals surface area contributed by atoms with Crippen molar-refractivity contribution >= 4 is 29.2 Å². The maximum Gasteiger partial charge on any atom is 0.290 e. The lowest BCUT2D eigenvalue weighted by Gasteiger charge is -2.32. The number of ether oxygens (including phenoxy) is 1. The van der Waals surface area contributed by atoms with Gasteiger partial charge in [-0.2, -0.15) is 0 Å². The van der Waals surface area contributed by atoms with Gasteiger partial charge in [-0.3, -0.25) is 14.4 Å². The molecule has 1 aromatic carbocycles. The first-order valence-electron chi connectivity index (χ1n) is 11.0. The zero-order valence-corrected chi connectivity index (χ0v) is 18.5. The molecule has 1 aliphatic heterocycles. The molecule has 1 N–H and O–H groups in total. The highest BCUT2D eigenvalue weighted by Crippen LogP contribution is 2.29. The topological polar surface area (TPSA) is 75.7 Å². The number of rotatable bonds is 7. The third-order valence-corrected chi connectivity index (χ3v) is 6.47. The average Bonchev–Trinajstić information content (AvgIpc) is 3.27. The number of carbonyl (C=O) groups excluding carboxylic acids is 3. The molecule has 30 heavy (non-hydrogen) atoms. The number of nitrogens with one attached hydrogen (secondary N) is 1. The highest BCUT2D eigenvalue weighted by Gasteiger charge is 2.30. The molecule has 0 unspecified atom stereocenters. The van der Waals surface area contributed by atoms with Gasteiger partial charge in [-0.1, -0.05) is 38.3 Å². The van der Waals surface area contributed by atoms with Gasteiger partial charge in [0.05, 0.1) is 5.02 Å². The van der Waals surface area contributed by atoms with Gasteiger partial charge in [0.25, 0.3) is 11.8 Å². The summed E-state index contributed by atoms with van der Waals surface area (Å²) < 4.78 is 6.02. The first-order chi connectivity index (χ1) is 14.4. The molecule has 6 nitrogen and oxygen atoms in total. The van der Waals surface area contributed by atoms with Crippen molar-refractivity contribution in [1.29, 1.82) is 0 Å². The van der Waals surface area contributed by atoms with Gasteiger partial charge in [-0.05, 0) is 37.5 Å². The van der Waals surface area contributed by atoms with Crippen LogP contribution < -0.4 is 10.1 Å². The van der Waals surface area contributed by atoms with E-state index in [-0.39, 0.29) is 29.8 Å². The Kier molecular flexibility index (Phi) is 7.75. The van der Waals surface area contributed by atoms with Gasteiger partial charge in [-0.15, -0.1) is 0 Å². The number of ketones is 1. The average molecular weight is 435 g/mol. The van der Waals surface area contributed by atoms with Gasteiger partial charge in [-0.25, -0.2) is 0 Å². The summed E-state index contributed by atoms with van der Waals surface area (Å²) in [5.41, 5.74) is 0.531. The molecule has 1 saturated carbocycles. The van der Waals surface area contributed by atoms with Crippen molar-refractivity contribution in [3.05, 3.63) is 28.8 Å². The fourth-order valence-corrected chi connectivity index (χ4v) is 4.21. The van der Waals surface area contributed by atoms with E-state index < -0.39 is 5.91 Å². The lowest BCUT2D eigenvalue weighted by Crippen LogP contribution is -2.45. The Morgan fingerprint density at radius 2 is 1.83 bits per heavy atom. The van der Waals surface area contributed by atoms with Crippen LogP contribution in [-0.2, 0) is 9.59 Å². The molecule has 0 spiro atoms. The molecule has 1 atom stereocenters. The minimum atomic E-state index is -0.390. The second kappa shape index (κ2) is 10.3. The minimum absolute atomic E-state index is 0.0802. The van der Waals surface area contributed by atoms with Gasteiger partial charge in [0, 0.05) is 43.5 Å². The fraction of sp³-hybridized carbons (Fsp3) is 0.609. The number of benzene rings is 1. The van der Waals surface area contributed by atoms with Gasteiger partial charge >= 0.3 is 0 Å². The van der Waals surface area contributed by atoms with Crippen molar-refractivity contribution in [2.75, 3.05) is 13.1 Å². The standard InChI is InChI=1S/C23H31ClN2O4/c1-3-15(2)21(27)23(29)26-12-10-18(11-13-26)30-20-9-8-16(14-19(20)24)22(28)25-17-6-4-5-7-17/h8-9,14-15,17-18H,3-7,10-13H2,1-2H3,(H,25,28)/t15-/m1/s1. The Morgan fingerprint density at radius 3 is 2.43 bits per heavy atom. The lowest BCUT2D eigenvalue weighted by atomic mass is 10.0. The van der Waals surface area contributed by atoms with E-state index in [0.717, 1.165) is 25.7 Å². The van der Waals surface area contributed by atoms with Gasteiger partial charge in [0.1, 0.15) is 11.9 Å². The smallest absolute Gasteiger partial charge is 0.290 e. The summed E-state index contributed by atoms with van der Waals surface area (Å²) in [6.45, 7) is 4.68. The molecule has 2 aliphatic rings.